The number of carbonyl (C=O) groups is 1. The van der Waals surface area contributed by atoms with Crippen molar-refractivity contribution < 1.29 is 9.53 Å². The zero-order valence-corrected chi connectivity index (χ0v) is 13.7. The highest BCUT2D eigenvalue weighted by Gasteiger charge is 2.09. The number of hydrogen-bond donors (Lipinski definition) is 1. The molecule has 1 aromatic heterocycles. The van der Waals surface area contributed by atoms with Crippen molar-refractivity contribution in [1.82, 2.24) is 15.1 Å². The van der Waals surface area contributed by atoms with E-state index in [2.05, 4.69) is 10.4 Å². The summed E-state index contributed by atoms with van der Waals surface area (Å²) in [5.74, 6) is 0.379. The molecular weight excluding hydrogens is 318 g/mol. The normalized spacial score (nSPS) is 11.8. The molecule has 1 N–H and O–H groups in total. The van der Waals surface area contributed by atoms with Crippen LogP contribution in [-0.2, 0) is 11.3 Å². The lowest BCUT2D eigenvalue weighted by atomic mass is 10.3. The number of ether oxygens (including phenoxy) is 1. The van der Waals surface area contributed by atoms with E-state index >= 15 is 0 Å². The molecule has 1 aromatic carbocycles. The third-order valence-electron chi connectivity index (χ3n) is 3.03. The van der Waals surface area contributed by atoms with Crippen LogP contribution in [0.2, 0.25) is 5.02 Å². The van der Waals surface area contributed by atoms with Crippen LogP contribution in [0.4, 0.5) is 0 Å². The molecule has 2 aromatic rings. The largest absolute Gasteiger partial charge is 0.489 e. The molecule has 0 aliphatic rings. The molecule has 1 atom stereocenters. The molecule has 1 heterocycles. The molecule has 0 saturated carbocycles. The van der Waals surface area contributed by atoms with Crippen LogP contribution in [0.5, 0.6) is 5.75 Å². The van der Waals surface area contributed by atoms with Crippen LogP contribution in [0.25, 0.3) is 0 Å². The van der Waals surface area contributed by atoms with Crippen molar-refractivity contribution in [2.24, 2.45) is 0 Å². The van der Waals surface area contributed by atoms with Gasteiger partial charge < -0.3 is 10.1 Å². The Hall–Kier alpha value is -2.34. The number of aromatic nitrogens is 2. The first-order valence-electron chi connectivity index (χ1n) is 7.18. The van der Waals surface area contributed by atoms with E-state index in [9.17, 15) is 9.59 Å². The maximum absolute atomic E-state index is 11.9. The molecule has 7 heteroatoms. The maximum Gasteiger partial charge on any atom is 0.267 e. The molecule has 0 aliphatic heterocycles. The number of nitrogens with one attached hydrogen (secondary N) is 1. The SMILES string of the molecule is Cc1ccc(=O)n(CC(=O)NC[C@H](C)Oc2ccc(Cl)cc2)n1. The Labute approximate surface area is 139 Å². The van der Waals surface area contributed by atoms with Gasteiger partial charge in [-0.1, -0.05) is 11.6 Å². The third kappa shape index (κ3) is 5.41. The van der Waals surface area contributed by atoms with Gasteiger partial charge in [0.05, 0.1) is 12.2 Å². The Balaban J connectivity index is 1.82. The van der Waals surface area contributed by atoms with Gasteiger partial charge in [0.25, 0.3) is 5.56 Å². The summed E-state index contributed by atoms with van der Waals surface area (Å²) in [7, 11) is 0. The van der Waals surface area contributed by atoms with Gasteiger partial charge in [-0.2, -0.15) is 5.10 Å². The first-order valence-corrected chi connectivity index (χ1v) is 7.55. The van der Waals surface area contributed by atoms with Crippen LogP contribution in [0, 0.1) is 6.92 Å². The molecule has 0 unspecified atom stereocenters. The average Bonchev–Trinajstić information content (AvgIpc) is 2.51. The average molecular weight is 336 g/mol. The Morgan fingerprint density at radius 3 is 2.70 bits per heavy atom. The van der Waals surface area contributed by atoms with Gasteiger partial charge in [0.2, 0.25) is 5.91 Å². The monoisotopic (exact) mass is 335 g/mol. The second-order valence-electron chi connectivity index (χ2n) is 5.16. The van der Waals surface area contributed by atoms with Crippen molar-refractivity contribution in [2.75, 3.05) is 6.54 Å². The molecule has 0 fully saturated rings. The summed E-state index contributed by atoms with van der Waals surface area (Å²) in [5, 5.41) is 7.37. The van der Waals surface area contributed by atoms with E-state index < -0.39 is 0 Å². The van der Waals surface area contributed by atoms with Gasteiger partial charge >= 0.3 is 0 Å². The zero-order valence-electron chi connectivity index (χ0n) is 13.0. The lowest BCUT2D eigenvalue weighted by molar-refractivity contribution is -0.122. The summed E-state index contributed by atoms with van der Waals surface area (Å²) in [4.78, 5) is 23.5. The van der Waals surface area contributed by atoms with Gasteiger partial charge in [-0.15, -0.1) is 0 Å². The van der Waals surface area contributed by atoms with E-state index in [-0.39, 0.29) is 24.1 Å². The molecule has 6 nitrogen and oxygen atoms in total. The number of hydrogen-bond acceptors (Lipinski definition) is 4. The summed E-state index contributed by atoms with van der Waals surface area (Å²) < 4.78 is 6.79. The zero-order chi connectivity index (χ0) is 16.8. The molecule has 0 saturated heterocycles. The summed E-state index contributed by atoms with van der Waals surface area (Å²) >= 11 is 5.81. The van der Waals surface area contributed by atoms with Crippen LogP contribution in [0.1, 0.15) is 12.6 Å². The number of halogens is 1. The van der Waals surface area contributed by atoms with Crippen molar-refractivity contribution in [3.63, 3.8) is 0 Å². The van der Waals surface area contributed by atoms with E-state index in [0.717, 1.165) is 4.68 Å². The van der Waals surface area contributed by atoms with Crippen molar-refractivity contribution in [2.45, 2.75) is 26.5 Å². The van der Waals surface area contributed by atoms with Crippen LogP contribution >= 0.6 is 11.6 Å². The molecule has 2 rings (SSSR count). The highest BCUT2D eigenvalue weighted by molar-refractivity contribution is 6.30. The molecule has 0 aliphatic carbocycles. The van der Waals surface area contributed by atoms with Crippen LogP contribution in [0.15, 0.2) is 41.2 Å². The lowest BCUT2D eigenvalue weighted by Gasteiger charge is -2.15. The number of nitrogens with zero attached hydrogens (tertiary/aromatic N) is 2. The van der Waals surface area contributed by atoms with Gasteiger partial charge in [0.15, 0.2) is 0 Å². The molecule has 1 amide bonds. The second kappa shape index (κ2) is 7.78. The number of carbonyl (C=O) groups excluding carboxylic acids is 1. The highest BCUT2D eigenvalue weighted by atomic mass is 35.5. The third-order valence-corrected chi connectivity index (χ3v) is 3.28. The van der Waals surface area contributed by atoms with Gasteiger partial charge in [-0.25, -0.2) is 4.68 Å². The van der Waals surface area contributed by atoms with Crippen molar-refractivity contribution in [3.8, 4) is 5.75 Å². The van der Waals surface area contributed by atoms with E-state index in [1.54, 1.807) is 37.3 Å². The quantitative estimate of drug-likeness (QED) is 0.873. The Kier molecular flexibility index (Phi) is 5.76. The Bertz CT molecular complexity index is 728. The number of benzene rings is 1. The predicted molar refractivity (Wildman–Crippen MR) is 87.8 cm³/mol. The summed E-state index contributed by atoms with van der Waals surface area (Å²) in [6.45, 7) is 3.80. The van der Waals surface area contributed by atoms with Crippen LogP contribution in [-0.4, -0.2) is 28.3 Å². The fourth-order valence-corrected chi connectivity index (χ4v) is 2.03. The van der Waals surface area contributed by atoms with E-state index in [1.165, 1.54) is 6.07 Å². The van der Waals surface area contributed by atoms with Crippen molar-refractivity contribution in [3.05, 3.63) is 57.5 Å². The maximum atomic E-state index is 11.9. The van der Waals surface area contributed by atoms with Crippen molar-refractivity contribution in [1.29, 1.82) is 0 Å². The first kappa shape index (κ1) is 17.0. The number of rotatable bonds is 6. The second-order valence-corrected chi connectivity index (χ2v) is 5.59. The van der Waals surface area contributed by atoms with Gasteiger partial charge in [-0.3, -0.25) is 9.59 Å². The van der Waals surface area contributed by atoms with Crippen molar-refractivity contribution >= 4 is 17.5 Å². The van der Waals surface area contributed by atoms with E-state index in [0.29, 0.717) is 23.0 Å². The summed E-state index contributed by atoms with van der Waals surface area (Å²) in [5.41, 5.74) is 0.369. The molecule has 0 bridgehead atoms. The van der Waals surface area contributed by atoms with Gasteiger partial charge in [0, 0.05) is 11.1 Å². The van der Waals surface area contributed by atoms with Gasteiger partial charge in [-0.05, 0) is 44.2 Å². The van der Waals surface area contributed by atoms with Crippen LogP contribution in [0.3, 0.4) is 0 Å². The standard InChI is InChI=1S/C16H18ClN3O3/c1-11-3-8-16(22)20(19-11)10-15(21)18-9-12(2)23-14-6-4-13(17)5-7-14/h3-8,12H,9-10H2,1-2H3,(H,18,21)/t12-/m0/s1. The fourth-order valence-electron chi connectivity index (χ4n) is 1.90. The summed E-state index contributed by atoms with van der Waals surface area (Å²) in [6, 6.07) is 9.99. The van der Waals surface area contributed by atoms with E-state index in [4.69, 9.17) is 16.3 Å². The first-order chi connectivity index (χ1) is 10.9. The smallest absolute Gasteiger partial charge is 0.267 e. The number of amides is 1. The number of aryl methyl sites for hydroxylation is 1. The molecule has 0 radical (unpaired) electrons. The minimum Gasteiger partial charge on any atom is -0.489 e. The molecule has 122 valence electrons. The lowest BCUT2D eigenvalue weighted by Crippen LogP contribution is -2.38. The minimum atomic E-state index is -0.309. The highest BCUT2D eigenvalue weighted by Crippen LogP contribution is 2.16. The van der Waals surface area contributed by atoms with E-state index in [1.807, 2.05) is 6.92 Å². The fraction of sp³-hybridized carbons (Fsp3) is 0.312. The topological polar surface area (TPSA) is 73.2 Å². The minimum absolute atomic E-state index is 0.117. The Morgan fingerprint density at radius 1 is 1.30 bits per heavy atom. The molecule has 23 heavy (non-hydrogen) atoms. The summed E-state index contributed by atoms with van der Waals surface area (Å²) in [6.07, 6.45) is -0.220. The predicted octanol–water partition coefficient (Wildman–Crippen LogP) is 1.79. The molecular formula is C16H18ClN3O3. The molecule has 0 spiro atoms. The van der Waals surface area contributed by atoms with Crippen LogP contribution < -0.4 is 15.6 Å². The van der Waals surface area contributed by atoms with Gasteiger partial charge in [0.1, 0.15) is 18.4 Å². The Morgan fingerprint density at radius 2 is 2.00 bits per heavy atom.